The highest BCUT2D eigenvalue weighted by Crippen LogP contribution is 2.29. The zero-order valence-corrected chi connectivity index (χ0v) is 12.9. The molecule has 0 spiro atoms. The minimum absolute atomic E-state index is 0.136. The number of allylic oxidation sites excluding steroid dienone is 1. The van der Waals surface area contributed by atoms with Gasteiger partial charge in [-0.3, -0.25) is 10.1 Å². The molecule has 6 heteroatoms. The smallest absolute Gasteiger partial charge is 0.333 e. The van der Waals surface area contributed by atoms with Crippen molar-refractivity contribution in [2.45, 2.75) is 51.9 Å². The van der Waals surface area contributed by atoms with Crippen molar-refractivity contribution in [1.29, 1.82) is 0 Å². The number of rotatable bonds is 7. The van der Waals surface area contributed by atoms with Gasteiger partial charge in [-0.25, -0.2) is 4.68 Å². The lowest BCUT2D eigenvalue weighted by Gasteiger charge is -2.13. The predicted octanol–water partition coefficient (Wildman–Crippen LogP) is 3.58. The van der Waals surface area contributed by atoms with Crippen LogP contribution in [0.4, 0.5) is 11.5 Å². The van der Waals surface area contributed by atoms with Crippen LogP contribution in [0.3, 0.4) is 0 Å². The molecular weight excluding hydrogens is 268 g/mol. The summed E-state index contributed by atoms with van der Waals surface area (Å²) in [6.45, 7) is 2.72. The van der Waals surface area contributed by atoms with E-state index in [-0.39, 0.29) is 10.6 Å². The second-order valence-corrected chi connectivity index (χ2v) is 5.56. The fraction of sp³-hybridized carbons (Fsp3) is 0.667. The Kier molecular flexibility index (Phi) is 5.36. The predicted molar refractivity (Wildman–Crippen MR) is 83.5 cm³/mol. The molecule has 0 saturated heterocycles. The first-order valence-corrected chi connectivity index (χ1v) is 7.75. The zero-order chi connectivity index (χ0) is 15.2. The molecule has 2 rings (SSSR count). The van der Waals surface area contributed by atoms with Crippen molar-refractivity contribution in [3.63, 3.8) is 0 Å². The van der Waals surface area contributed by atoms with E-state index in [1.807, 2.05) is 6.92 Å². The number of hydrogen-bond donors (Lipinski definition) is 1. The van der Waals surface area contributed by atoms with E-state index in [0.29, 0.717) is 17.9 Å². The summed E-state index contributed by atoms with van der Waals surface area (Å²) in [5, 5.41) is 18.8. The van der Waals surface area contributed by atoms with Gasteiger partial charge in [0.15, 0.2) is 0 Å². The van der Waals surface area contributed by atoms with Gasteiger partial charge >= 0.3 is 5.69 Å². The molecule has 21 heavy (non-hydrogen) atoms. The molecule has 1 aliphatic carbocycles. The van der Waals surface area contributed by atoms with Crippen LogP contribution in [0.1, 0.15) is 51.1 Å². The van der Waals surface area contributed by atoms with Crippen LogP contribution in [0.2, 0.25) is 0 Å². The Labute approximate surface area is 125 Å². The van der Waals surface area contributed by atoms with Gasteiger partial charge in [0.25, 0.3) is 0 Å². The van der Waals surface area contributed by atoms with Gasteiger partial charge in [0, 0.05) is 13.6 Å². The molecule has 0 amide bonds. The number of nitro groups is 1. The van der Waals surface area contributed by atoms with Crippen molar-refractivity contribution in [2.75, 3.05) is 11.9 Å². The third-order valence-corrected chi connectivity index (χ3v) is 3.88. The summed E-state index contributed by atoms with van der Waals surface area (Å²) in [4.78, 5) is 11.0. The summed E-state index contributed by atoms with van der Waals surface area (Å²) >= 11 is 0. The van der Waals surface area contributed by atoms with E-state index in [9.17, 15) is 10.1 Å². The van der Waals surface area contributed by atoms with Crippen molar-refractivity contribution in [3.8, 4) is 0 Å². The van der Waals surface area contributed by atoms with Crippen molar-refractivity contribution in [2.24, 2.45) is 7.05 Å². The molecule has 0 fully saturated rings. The van der Waals surface area contributed by atoms with E-state index in [2.05, 4.69) is 16.5 Å². The Balaban J connectivity index is 2.04. The summed E-state index contributed by atoms with van der Waals surface area (Å²) in [5.74, 6) is 0.528. The number of hydrogen-bond acceptors (Lipinski definition) is 4. The van der Waals surface area contributed by atoms with E-state index in [4.69, 9.17) is 0 Å². The highest BCUT2D eigenvalue weighted by molar-refractivity contribution is 5.59. The SMILES string of the molecule is CCCc1nn(C)c(NCCC2=CCCCC2)c1[N+](=O)[O-]. The van der Waals surface area contributed by atoms with Gasteiger partial charge in [-0.15, -0.1) is 0 Å². The molecule has 0 aromatic carbocycles. The second kappa shape index (κ2) is 7.24. The maximum Gasteiger partial charge on any atom is 0.333 e. The molecule has 6 nitrogen and oxygen atoms in total. The van der Waals surface area contributed by atoms with Crippen LogP contribution in [0.15, 0.2) is 11.6 Å². The van der Waals surface area contributed by atoms with E-state index in [1.54, 1.807) is 11.7 Å². The standard InChI is InChI=1S/C15H24N4O2/c1-3-7-13-14(19(20)21)15(18(2)17-13)16-11-10-12-8-5-4-6-9-12/h8,16H,3-7,9-11H2,1-2H3. The average molecular weight is 292 g/mol. The number of nitrogens with zero attached hydrogens (tertiary/aromatic N) is 3. The lowest BCUT2D eigenvalue weighted by atomic mass is 9.97. The molecule has 1 aromatic rings. The van der Waals surface area contributed by atoms with Gasteiger partial charge in [0.05, 0.1) is 4.92 Å². The van der Waals surface area contributed by atoms with Crippen LogP contribution in [-0.2, 0) is 13.5 Å². The molecule has 0 aliphatic heterocycles. The molecule has 1 N–H and O–H groups in total. The molecule has 116 valence electrons. The summed E-state index contributed by atoms with van der Waals surface area (Å²) < 4.78 is 1.60. The lowest BCUT2D eigenvalue weighted by molar-refractivity contribution is -0.384. The summed E-state index contributed by atoms with van der Waals surface area (Å²) in [6.07, 6.45) is 9.62. The number of nitrogens with one attached hydrogen (secondary N) is 1. The first kappa shape index (κ1) is 15.5. The van der Waals surface area contributed by atoms with Crippen molar-refractivity contribution >= 4 is 11.5 Å². The van der Waals surface area contributed by atoms with Gasteiger partial charge in [0.1, 0.15) is 5.69 Å². The maximum absolute atomic E-state index is 11.3. The number of aryl methyl sites for hydroxylation is 2. The second-order valence-electron chi connectivity index (χ2n) is 5.56. The van der Waals surface area contributed by atoms with E-state index in [0.717, 1.165) is 25.8 Å². The normalized spacial score (nSPS) is 14.9. The molecule has 0 bridgehead atoms. The Bertz CT molecular complexity index is 534. The van der Waals surface area contributed by atoms with E-state index in [1.165, 1.54) is 24.8 Å². The van der Waals surface area contributed by atoms with Crippen LogP contribution in [-0.4, -0.2) is 21.2 Å². The highest BCUT2D eigenvalue weighted by Gasteiger charge is 2.25. The summed E-state index contributed by atoms with van der Waals surface area (Å²) in [7, 11) is 1.76. The minimum atomic E-state index is -0.319. The molecule has 0 saturated carbocycles. The van der Waals surface area contributed by atoms with Crippen LogP contribution in [0, 0.1) is 10.1 Å². The first-order chi connectivity index (χ1) is 10.1. The van der Waals surface area contributed by atoms with E-state index < -0.39 is 0 Å². The summed E-state index contributed by atoms with van der Waals surface area (Å²) in [6, 6.07) is 0. The van der Waals surface area contributed by atoms with Crippen LogP contribution in [0.25, 0.3) is 0 Å². The molecule has 0 radical (unpaired) electrons. The van der Waals surface area contributed by atoms with Crippen LogP contribution in [0.5, 0.6) is 0 Å². The van der Waals surface area contributed by atoms with Gasteiger partial charge < -0.3 is 5.32 Å². The Morgan fingerprint density at radius 2 is 2.24 bits per heavy atom. The summed E-state index contributed by atoms with van der Waals surface area (Å²) in [5.41, 5.74) is 2.17. The largest absolute Gasteiger partial charge is 0.364 e. The quantitative estimate of drug-likeness (QED) is 0.473. The fourth-order valence-corrected chi connectivity index (χ4v) is 2.84. The Morgan fingerprint density at radius 3 is 2.86 bits per heavy atom. The molecule has 1 heterocycles. The number of aromatic nitrogens is 2. The third kappa shape index (κ3) is 3.83. The van der Waals surface area contributed by atoms with Gasteiger partial charge in [-0.05, 0) is 38.5 Å². The third-order valence-electron chi connectivity index (χ3n) is 3.88. The molecule has 0 unspecified atom stereocenters. The minimum Gasteiger partial charge on any atom is -0.364 e. The zero-order valence-electron chi connectivity index (χ0n) is 12.9. The number of anilines is 1. The topological polar surface area (TPSA) is 73.0 Å². The Hall–Kier alpha value is -1.85. The Morgan fingerprint density at radius 1 is 1.43 bits per heavy atom. The van der Waals surface area contributed by atoms with Crippen LogP contribution >= 0.6 is 0 Å². The molecular formula is C15H24N4O2. The molecule has 1 aromatic heterocycles. The lowest BCUT2D eigenvalue weighted by Crippen LogP contribution is -2.09. The van der Waals surface area contributed by atoms with E-state index >= 15 is 0 Å². The van der Waals surface area contributed by atoms with Crippen LogP contribution < -0.4 is 5.32 Å². The van der Waals surface area contributed by atoms with Gasteiger partial charge in [-0.2, -0.15) is 5.10 Å². The first-order valence-electron chi connectivity index (χ1n) is 7.75. The van der Waals surface area contributed by atoms with Crippen molar-refractivity contribution < 1.29 is 4.92 Å². The molecule has 0 atom stereocenters. The maximum atomic E-state index is 11.3. The van der Waals surface area contributed by atoms with Crippen molar-refractivity contribution in [1.82, 2.24) is 9.78 Å². The monoisotopic (exact) mass is 292 g/mol. The highest BCUT2D eigenvalue weighted by atomic mass is 16.6. The average Bonchev–Trinajstić information content (AvgIpc) is 2.77. The molecule has 1 aliphatic rings. The van der Waals surface area contributed by atoms with Gasteiger partial charge in [-0.1, -0.05) is 25.0 Å². The van der Waals surface area contributed by atoms with Gasteiger partial charge in [0.2, 0.25) is 5.82 Å². The van der Waals surface area contributed by atoms with Crippen molar-refractivity contribution in [3.05, 3.63) is 27.5 Å². The fourth-order valence-electron chi connectivity index (χ4n) is 2.84.